The fourth-order valence-electron chi connectivity index (χ4n) is 2.17. The maximum Gasteiger partial charge on any atom is 0.0744 e. The molecule has 3 heteroatoms. The summed E-state index contributed by atoms with van der Waals surface area (Å²) in [6.45, 7) is 6.70. The molecule has 2 atom stereocenters. The molecule has 1 rings (SSSR count). The molecule has 2 nitrogen and oxygen atoms in total. The lowest BCUT2D eigenvalue weighted by Crippen LogP contribution is -2.44. The van der Waals surface area contributed by atoms with Gasteiger partial charge in [-0.1, -0.05) is 43.2 Å². The topological polar surface area (TPSA) is 32.3 Å². The average Bonchev–Trinajstić information content (AvgIpc) is 2.50. The van der Waals surface area contributed by atoms with Crippen molar-refractivity contribution in [1.29, 1.82) is 0 Å². The number of aliphatic hydroxyl groups is 1. The van der Waals surface area contributed by atoms with Gasteiger partial charge in [0.2, 0.25) is 0 Å². The van der Waals surface area contributed by atoms with Crippen LogP contribution in [-0.4, -0.2) is 29.2 Å². The van der Waals surface area contributed by atoms with E-state index in [0.717, 1.165) is 19.3 Å². The SMILES string of the molecule is CC(Cc1ccccc1)C(O)CNC(C)(C)C#CCCCCl. The molecule has 0 spiro atoms. The zero-order chi connectivity index (χ0) is 16.4. The Bertz CT molecular complexity index is 475. The summed E-state index contributed by atoms with van der Waals surface area (Å²) in [7, 11) is 0. The van der Waals surface area contributed by atoms with Crippen LogP contribution < -0.4 is 5.32 Å². The number of hydrogen-bond acceptors (Lipinski definition) is 2. The third-order valence-electron chi connectivity index (χ3n) is 3.65. The van der Waals surface area contributed by atoms with Crippen molar-refractivity contribution in [2.24, 2.45) is 5.92 Å². The third kappa shape index (κ3) is 7.84. The minimum Gasteiger partial charge on any atom is -0.392 e. The first-order chi connectivity index (χ1) is 10.4. The normalized spacial score (nSPS) is 14.0. The highest BCUT2D eigenvalue weighted by atomic mass is 35.5. The van der Waals surface area contributed by atoms with E-state index in [-0.39, 0.29) is 17.6 Å². The molecule has 0 saturated carbocycles. The fraction of sp³-hybridized carbons (Fsp3) is 0.579. The lowest BCUT2D eigenvalue weighted by molar-refractivity contribution is 0.110. The predicted octanol–water partition coefficient (Wildman–Crippen LogP) is 3.62. The van der Waals surface area contributed by atoms with Gasteiger partial charge in [-0.2, -0.15) is 0 Å². The van der Waals surface area contributed by atoms with Crippen molar-refractivity contribution < 1.29 is 5.11 Å². The number of nitrogens with one attached hydrogen (secondary N) is 1. The van der Waals surface area contributed by atoms with E-state index in [0.29, 0.717) is 12.4 Å². The molecule has 0 aliphatic rings. The first kappa shape index (κ1) is 19.0. The van der Waals surface area contributed by atoms with Gasteiger partial charge in [0.25, 0.3) is 0 Å². The van der Waals surface area contributed by atoms with Gasteiger partial charge in [-0.15, -0.1) is 17.5 Å². The maximum atomic E-state index is 10.3. The molecular formula is C19H28ClNO. The van der Waals surface area contributed by atoms with Gasteiger partial charge >= 0.3 is 0 Å². The summed E-state index contributed by atoms with van der Waals surface area (Å²) in [6, 6.07) is 10.3. The standard InChI is InChI=1S/C19H28ClNO/c1-16(14-17-10-6-4-7-11-17)18(22)15-21-19(2,3)12-8-5-9-13-20/h4,6-7,10-11,16,18,21-22H,5,9,13-15H2,1-3H3. The Balaban J connectivity index is 2.40. The Hall–Kier alpha value is -1.01. The smallest absolute Gasteiger partial charge is 0.0744 e. The summed E-state index contributed by atoms with van der Waals surface area (Å²) < 4.78 is 0. The molecule has 0 aromatic heterocycles. The molecular weight excluding hydrogens is 294 g/mol. The van der Waals surface area contributed by atoms with Crippen molar-refractivity contribution in [3.63, 3.8) is 0 Å². The van der Waals surface area contributed by atoms with Crippen LogP contribution in [0.5, 0.6) is 0 Å². The fourth-order valence-corrected chi connectivity index (χ4v) is 2.30. The van der Waals surface area contributed by atoms with Gasteiger partial charge in [0.15, 0.2) is 0 Å². The largest absolute Gasteiger partial charge is 0.392 e. The molecule has 0 heterocycles. The molecule has 0 saturated heterocycles. The number of hydrogen-bond donors (Lipinski definition) is 2. The summed E-state index contributed by atoms with van der Waals surface area (Å²) in [5, 5.41) is 13.7. The second-order valence-electron chi connectivity index (χ2n) is 6.33. The van der Waals surface area contributed by atoms with Gasteiger partial charge in [0.1, 0.15) is 0 Å². The van der Waals surface area contributed by atoms with E-state index in [1.165, 1.54) is 5.56 Å². The van der Waals surface area contributed by atoms with Crippen LogP contribution in [-0.2, 0) is 6.42 Å². The maximum absolute atomic E-state index is 10.3. The van der Waals surface area contributed by atoms with Crippen LogP contribution in [0.2, 0.25) is 0 Å². The molecule has 1 aromatic carbocycles. The van der Waals surface area contributed by atoms with E-state index in [1.807, 2.05) is 32.0 Å². The van der Waals surface area contributed by atoms with Crippen LogP contribution in [0.4, 0.5) is 0 Å². The minimum atomic E-state index is -0.385. The van der Waals surface area contributed by atoms with Crippen molar-refractivity contribution in [2.75, 3.05) is 12.4 Å². The van der Waals surface area contributed by atoms with Gasteiger partial charge in [-0.25, -0.2) is 0 Å². The van der Waals surface area contributed by atoms with Gasteiger partial charge in [0.05, 0.1) is 11.6 Å². The number of aliphatic hydroxyl groups excluding tert-OH is 1. The highest BCUT2D eigenvalue weighted by Gasteiger charge is 2.19. The predicted molar refractivity (Wildman–Crippen MR) is 95.1 cm³/mol. The number of rotatable bonds is 8. The number of benzene rings is 1. The molecule has 22 heavy (non-hydrogen) atoms. The van der Waals surface area contributed by atoms with Crippen molar-refractivity contribution in [1.82, 2.24) is 5.32 Å². The summed E-state index contributed by atoms with van der Waals surface area (Å²) in [5.41, 5.74) is 0.967. The Morgan fingerprint density at radius 3 is 2.59 bits per heavy atom. The number of unbranched alkanes of at least 4 members (excludes halogenated alkanes) is 1. The Kier molecular flexibility index (Phi) is 8.56. The van der Waals surface area contributed by atoms with Gasteiger partial charge < -0.3 is 5.11 Å². The molecule has 2 unspecified atom stereocenters. The molecule has 122 valence electrons. The second-order valence-corrected chi connectivity index (χ2v) is 6.71. The van der Waals surface area contributed by atoms with E-state index >= 15 is 0 Å². The summed E-state index contributed by atoms with van der Waals surface area (Å²) in [6.07, 6.45) is 2.23. The van der Waals surface area contributed by atoms with Crippen LogP contribution in [0.25, 0.3) is 0 Å². The molecule has 0 amide bonds. The van der Waals surface area contributed by atoms with E-state index < -0.39 is 0 Å². The Morgan fingerprint density at radius 1 is 1.27 bits per heavy atom. The van der Waals surface area contributed by atoms with E-state index in [9.17, 15) is 5.11 Å². The van der Waals surface area contributed by atoms with Crippen molar-refractivity contribution in [2.45, 2.75) is 51.7 Å². The number of β-amino-alcohol motifs (C(OH)–C–C–N with tert-alkyl or cyclic N) is 1. The highest BCUT2D eigenvalue weighted by molar-refractivity contribution is 6.17. The van der Waals surface area contributed by atoms with E-state index in [1.54, 1.807) is 0 Å². The van der Waals surface area contributed by atoms with Crippen LogP contribution in [0.1, 0.15) is 39.2 Å². The molecule has 0 aliphatic carbocycles. The Labute approximate surface area is 140 Å². The van der Waals surface area contributed by atoms with Crippen LogP contribution in [0.3, 0.4) is 0 Å². The van der Waals surface area contributed by atoms with Crippen molar-refractivity contribution in [3.05, 3.63) is 35.9 Å². The van der Waals surface area contributed by atoms with Crippen LogP contribution in [0.15, 0.2) is 30.3 Å². The zero-order valence-electron chi connectivity index (χ0n) is 13.9. The summed E-state index contributed by atoms with van der Waals surface area (Å²) >= 11 is 5.64. The molecule has 0 aliphatic heterocycles. The first-order valence-electron chi connectivity index (χ1n) is 7.97. The molecule has 0 radical (unpaired) electrons. The van der Waals surface area contributed by atoms with E-state index in [2.05, 4.69) is 36.2 Å². The lowest BCUT2D eigenvalue weighted by Gasteiger charge is -2.25. The minimum absolute atomic E-state index is 0.204. The number of alkyl halides is 1. The second kappa shape index (κ2) is 9.90. The molecule has 2 N–H and O–H groups in total. The molecule has 1 aromatic rings. The average molecular weight is 322 g/mol. The van der Waals surface area contributed by atoms with Crippen LogP contribution >= 0.6 is 11.6 Å². The zero-order valence-corrected chi connectivity index (χ0v) is 14.7. The van der Waals surface area contributed by atoms with Gasteiger partial charge in [-0.3, -0.25) is 5.32 Å². The van der Waals surface area contributed by atoms with Crippen molar-refractivity contribution in [3.8, 4) is 11.8 Å². The summed E-state index contributed by atoms with van der Waals surface area (Å²) in [4.78, 5) is 0. The number of halogens is 1. The third-order valence-corrected chi connectivity index (χ3v) is 3.91. The lowest BCUT2D eigenvalue weighted by atomic mass is 9.95. The quantitative estimate of drug-likeness (QED) is 0.435. The Morgan fingerprint density at radius 2 is 1.95 bits per heavy atom. The monoisotopic (exact) mass is 321 g/mol. The molecule has 0 bridgehead atoms. The van der Waals surface area contributed by atoms with E-state index in [4.69, 9.17) is 11.6 Å². The van der Waals surface area contributed by atoms with Crippen LogP contribution in [0, 0.1) is 17.8 Å². The van der Waals surface area contributed by atoms with Gasteiger partial charge in [-0.05, 0) is 38.2 Å². The summed E-state index contributed by atoms with van der Waals surface area (Å²) in [5.74, 6) is 7.20. The first-order valence-corrected chi connectivity index (χ1v) is 8.51. The molecule has 0 fully saturated rings. The van der Waals surface area contributed by atoms with Crippen molar-refractivity contribution >= 4 is 11.6 Å². The van der Waals surface area contributed by atoms with Gasteiger partial charge in [0, 0.05) is 18.8 Å². The highest BCUT2D eigenvalue weighted by Crippen LogP contribution is 2.12.